The molecule has 5 heavy (non-hydrogen) atoms. The molecule has 0 unspecified atom stereocenters. The molecule has 0 saturated carbocycles. The molecule has 27 valence electrons. The fourth-order valence-corrected chi connectivity index (χ4v) is 0. The molecule has 0 aromatic rings. The molecule has 2 nitrogen and oxygen atoms in total. The van der Waals surface area contributed by atoms with Crippen LogP contribution >= 0.6 is 0 Å². The number of hydrogen-bond donors (Lipinski definition) is 1. The summed E-state index contributed by atoms with van der Waals surface area (Å²) >= 11 is 0. The van der Waals surface area contributed by atoms with E-state index in [9.17, 15) is 0 Å². The Labute approximate surface area is 56.7 Å². The molecule has 0 rings (SSSR count). The zero-order valence-corrected chi connectivity index (χ0v) is 5.81. The van der Waals surface area contributed by atoms with Gasteiger partial charge in [0.25, 0.3) is 6.26 Å². The Morgan fingerprint density at radius 1 is 1.60 bits per heavy atom. The van der Waals surface area contributed by atoms with Gasteiger partial charge < -0.3 is 12.5 Å². The van der Waals surface area contributed by atoms with E-state index in [0.717, 1.165) is 6.26 Å². The first-order chi connectivity index (χ1) is 1.41. The molecule has 0 atom stereocenters. The summed E-state index contributed by atoms with van der Waals surface area (Å²) in [7, 11) is 0. The summed E-state index contributed by atoms with van der Waals surface area (Å²) in [4.78, 5) is 0. The first kappa shape index (κ1) is 18.2. The molecule has 0 spiro atoms. The number of hydrogen-bond acceptors (Lipinski definition) is 2. The van der Waals surface area contributed by atoms with Gasteiger partial charge in [0.05, 0.1) is 0 Å². The number of nitriles is 1. The summed E-state index contributed by atoms with van der Waals surface area (Å²) in [5.41, 5.74) is 0. The summed E-state index contributed by atoms with van der Waals surface area (Å²) in [6.45, 7) is 0. The van der Waals surface area contributed by atoms with Crippen molar-refractivity contribution in [2.24, 2.45) is 0 Å². The van der Waals surface area contributed by atoms with Crippen molar-refractivity contribution < 1.29 is 37.8 Å². The molecule has 0 bridgehead atoms. The van der Waals surface area contributed by atoms with Crippen LogP contribution in [-0.4, -0.2) is 5.11 Å². The molecule has 0 aliphatic heterocycles. The van der Waals surface area contributed by atoms with Gasteiger partial charge in [0.2, 0.25) is 0 Å². The van der Waals surface area contributed by atoms with Crippen LogP contribution in [0.25, 0.3) is 0 Å². The summed E-state index contributed by atoms with van der Waals surface area (Å²) in [6, 6.07) is 0. The van der Waals surface area contributed by atoms with Gasteiger partial charge in [0.15, 0.2) is 0 Å². The number of aliphatic hydroxyl groups excluding tert-OH is 1. The van der Waals surface area contributed by atoms with Crippen molar-refractivity contribution in [3.63, 3.8) is 0 Å². The van der Waals surface area contributed by atoms with Crippen LogP contribution in [0.4, 0.5) is 0 Å². The Hall–Kier alpha value is 0.394. The summed E-state index contributed by atoms with van der Waals surface area (Å²) in [5.74, 6) is 0. The van der Waals surface area contributed by atoms with Crippen LogP contribution < -0.4 is 0 Å². The van der Waals surface area contributed by atoms with Gasteiger partial charge in [-0.25, -0.2) is 0 Å². The minimum absolute atomic E-state index is 0. The molecule has 0 amide bonds. The smallest absolute Gasteiger partial charge is 0.283 e. The molecule has 0 heterocycles. The number of rotatable bonds is 0. The van der Waals surface area contributed by atoms with E-state index in [4.69, 9.17) is 10.4 Å². The van der Waals surface area contributed by atoms with Gasteiger partial charge >= 0.3 is 0 Å². The van der Waals surface area contributed by atoms with E-state index in [1.54, 1.807) is 0 Å². The predicted octanol–water partition coefficient (Wildman–Crippen LogP) is 0.288. The Kier molecular flexibility index (Phi) is 94.7. The fourth-order valence-electron chi connectivity index (χ4n) is 0. The van der Waals surface area contributed by atoms with E-state index in [-0.39, 0.29) is 40.1 Å². The molecule has 3 heteroatoms. The van der Waals surface area contributed by atoms with Gasteiger partial charge in [0, 0.05) is 32.7 Å². The largest absolute Gasteiger partial charge is 0.443 e. The van der Waals surface area contributed by atoms with Crippen LogP contribution in [0, 0.1) is 18.9 Å². The fraction of sp³-hybridized carbons (Fsp3) is 0. The quantitative estimate of drug-likeness (QED) is 0.395. The SMILES string of the molecule is N#CO.[CH3-].[Y]. The molecule has 1 radical (unpaired) electrons. The van der Waals surface area contributed by atoms with Crippen LogP contribution in [-0.2, 0) is 32.7 Å². The number of aliphatic hydroxyl groups is 1. The van der Waals surface area contributed by atoms with E-state index in [2.05, 4.69) is 0 Å². The third kappa shape index (κ3) is 162. The monoisotopic (exact) mass is 147 g/mol. The average molecular weight is 147 g/mol. The van der Waals surface area contributed by atoms with Crippen molar-refractivity contribution in [1.29, 1.82) is 5.26 Å². The predicted molar refractivity (Wildman–Crippen MR) is 14.0 cm³/mol. The molecule has 0 aromatic heterocycles. The summed E-state index contributed by atoms with van der Waals surface area (Å²) in [6.07, 6.45) is 0.750. The molecule has 0 aliphatic carbocycles. The van der Waals surface area contributed by atoms with Crippen LogP contribution in [0.5, 0.6) is 0 Å². The van der Waals surface area contributed by atoms with Gasteiger partial charge in [0.1, 0.15) is 0 Å². The first-order valence-corrected chi connectivity index (χ1v) is 0.447. The molecular weight excluding hydrogens is 143 g/mol. The van der Waals surface area contributed by atoms with E-state index in [0.29, 0.717) is 0 Å². The van der Waals surface area contributed by atoms with Crippen molar-refractivity contribution in [2.75, 3.05) is 0 Å². The van der Waals surface area contributed by atoms with Gasteiger partial charge in [-0.2, -0.15) is 5.26 Å². The zero-order chi connectivity index (χ0) is 2.71. The van der Waals surface area contributed by atoms with Gasteiger partial charge in [-0.15, -0.1) is 0 Å². The third-order valence-corrected chi connectivity index (χ3v) is 0. The van der Waals surface area contributed by atoms with Crippen LogP contribution in [0.1, 0.15) is 0 Å². The summed E-state index contributed by atoms with van der Waals surface area (Å²) in [5, 5.41) is 13.8. The molecule has 0 aliphatic rings. The van der Waals surface area contributed by atoms with E-state index >= 15 is 0 Å². The standard InChI is InChI=1S/CHNO.CH3.Y/c2-1-3;;/h3H;1H3;/q;-1;. The topological polar surface area (TPSA) is 44.0 Å². The Balaban J connectivity index is -0.0000000200. The van der Waals surface area contributed by atoms with E-state index < -0.39 is 0 Å². The Morgan fingerprint density at radius 2 is 1.60 bits per heavy atom. The maximum absolute atomic E-state index is 6.88. The zero-order valence-electron chi connectivity index (χ0n) is 2.97. The van der Waals surface area contributed by atoms with Gasteiger partial charge in [-0.05, 0) is 0 Å². The van der Waals surface area contributed by atoms with Crippen LogP contribution in [0.3, 0.4) is 0 Å². The minimum Gasteiger partial charge on any atom is -0.443 e. The van der Waals surface area contributed by atoms with Crippen molar-refractivity contribution >= 4 is 0 Å². The van der Waals surface area contributed by atoms with Crippen molar-refractivity contribution in [1.82, 2.24) is 0 Å². The second-order valence-electron chi connectivity index (χ2n) is 0.100. The molecule has 0 fully saturated rings. The maximum Gasteiger partial charge on any atom is 0.283 e. The summed E-state index contributed by atoms with van der Waals surface area (Å²) < 4.78 is 0. The molecule has 0 saturated heterocycles. The minimum atomic E-state index is 0. The maximum atomic E-state index is 6.88. The second kappa shape index (κ2) is 26.0. The third-order valence-electron chi connectivity index (χ3n) is 0. The van der Waals surface area contributed by atoms with Crippen molar-refractivity contribution in [3.05, 3.63) is 7.43 Å². The van der Waals surface area contributed by atoms with Crippen LogP contribution in [0.2, 0.25) is 0 Å². The first-order valence-electron chi connectivity index (χ1n) is 0.447. The number of nitrogens with zero attached hydrogens (tertiary/aromatic N) is 1. The Bertz CT molecular complexity index is 31.1. The van der Waals surface area contributed by atoms with Gasteiger partial charge in [-0.3, -0.25) is 0 Å². The molecular formula is C2H4NOY-. The van der Waals surface area contributed by atoms with E-state index in [1.165, 1.54) is 0 Å². The second-order valence-corrected chi connectivity index (χ2v) is 0.100. The van der Waals surface area contributed by atoms with Crippen molar-refractivity contribution in [3.8, 4) is 6.26 Å². The van der Waals surface area contributed by atoms with Crippen molar-refractivity contribution in [2.45, 2.75) is 0 Å². The average Bonchev–Trinajstić information content (AvgIpc) is 0.918. The molecule has 0 aromatic carbocycles. The Morgan fingerprint density at radius 3 is 1.60 bits per heavy atom. The van der Waals surface area contributed by atoms with E-state index in [1.807, 2.05) is 0 Å². The van der Waals surface area contributed by atoms with Crippen LogP contribution in [0.15, 0.2) is 0 Å². The normalized spacial score (nSPS) is 1.40. The molecule has 1 N–H and O–H groups in total. The van der Waals surface area contributed by atoms with Gasteiger partial charge in [-0.1, -0.05) is 0 Å².